The van der Waals surface area contributed by atoms with Gasteiger partial charge in [-0.2, -0.15) is 0 Å². The maximum absolute atomic E-state index is 10.9. The lowest BCUT2D eigenvalue weighted by molar-refractivity contribution is -0.402. The first kappa shape index (κ1) is 12.2. The zero-order valence-corrected chi connectivity index (χ0v) is 8.45. The molecule has 0 atom stereocenters. The maximum atomic E-state index is 10.9. The highest BCUT2D eigenvalue weighted by Crippen LogP contribution is 2.22. The molecule has 86 valence electrons. The van der Waals surface area contributed by atoms with Crippen molar-refractivity contribution in [2.75, 3.05) is 5.32 Å². The fraction of sp³-hybridized carbons (Fsp3) is 0. The Morgan fingerprint density at radius 2 is 2.29 bits per heavy atom. The van der Waals surface area contributed by atoms with Gasteiger partial charge in [0.05, 0.1) is 28.9 Å². The van der Waals surface area contributed by atoms with Gasteiger partial charge in [0.25, 0.3) is 0 Å². The number of nitrogens with one attached hydrogen (secondary N) is 1. The van der Waals surface area contributed by atoms with Gasteiger partial charge in [-0.25, -0.2) is 9.64 Å². The lowest BCUT2D eigenvalue weighted by Gasteiger charge is -2.05. The molecule has 17 heavy (non-hydrogen) atoms. The fourth-order valence-corrected chi connectivity index (χ4v) is 1.09. The maximum Gasteiger partial charge on any atom is 0.336 e. The van der Waals surface area contributed by atoms with Crippen LogP contribution in [0.25, 0.3) is 4.85 Å². The van der Waals surface area contributed by atoms with Crippen molar-refractivity contribution in [3.63, 3.8) is 0 Å². The summed E-state index contributed by atoms with van der Waals surface area (Å²) < 4.78 is 0. The summed E-state index contributed by atoms with van der Waals surface area (Å²) in [6, 6.07) is 3.99. The highest BCUT2D eigenvalue weighted by Gasteiger charge is 2.10. The normalized spacial score (nSPS) is 9.82. The van der Waals surface area contributed by atoms with Gasteiger partial charge in [0.2, 0.25) is 6.20 Å². The molecule has 0 bridgehead atoms. The molecule has 0 aliphatic rings. The molecule has 0 amide bonds. The van der Waals surface area contributed by atoms with Crippen molar-refractivity contribution in [2.45, 2.75) is 0 Å². The van der Waals surface area contributed by atoms with Crippen LogP contribution in [-0.4, -0.2) is 16.0 Å². The molecule has 0 aromatic heterocycles. The average Bonchev–Trinajstić information content (AvgIpc) is 2.28. The monoisotopic (exact) mass is 233 g/mol. The highest BCUT2D eigenvalue weighted by atomic mass is 16.6. The first-order valence-electron chi connectivity index (χ1n) is 4.36. The largest absolute Gasteiger partial charge is 0.478 e. The molecule has 1 aromatic carbocycles. The highest BCUT2D eigenvalue weighted by molar-refractivity contribution is 5.95. The molecule has 0 heterocycles. The van der Waals surface area contributed by atoms with Crippen molar-refractivity contribution < 1.29 is 14.8 Å². The molecule has 7 heteroatoms. The minimum atomic E-state index is -1.22. The van der Waals surface area contributed by atoms with E-state index in [9.17, 15) is 14.9 Å². The summed E-state index contributed by atoms with van der Waals surface area (Å²) in [5.74, 6) is -1.22. The summed E-state index contributed by atoms with van der Waals surface area (Å²) in [5, 5.41) is 21.4. The molecule has 0 fully saturated rings. The fourth-order valence-electron chi connectivity index (χ4n) is 1.09. The van der Waals surface area contributed by atoms with Crippen LogP contribution in [0.4, 0.5) is 11.4 Å². The van der Waals surface area contributed by atoms with Crippen LogP contribution in [0.1, 0.15) is 10.4 Å². The van der Waals surface area contributed by atoms with E-state index in [4.69, 9.17) is 11.7 Å². The van der Waals surface area contributed by atoms with E-state index in [2.05, 4.69) is 10.2 Å². The standard InChI is InChI=1S/C10H7N3O4/c1-11-7-2-3-9(8(6-7)10(14)15)12-4-5-13(16)17/h2-6,12H,(H,14,15)/b5-4+. The van der Waals surface area contributed by atoms with Gasteiger partial charge in [0, 0.05) is 0 Å². The molecule has 7 nitrogen and oxygen atoms in total. The number of carboxylic acid groups (broad SMARTS) is 1. The van der Waals surface area contributed by atoms with E-state index < -0.39 is 10.9 Å². The molecule has 0 spiro atoms. The van der Waals surface area contributed by atoms with Gasteiger partial charge in [-0.3, -0.25) is 10.1 Å². The summed E-state index contributed by atoms with van der Waals surface area (Å²) in [4.78, 5) is 23.3. The van der Waals surface area contributed by atoms with E-state index >= 15 is 0 Å². The van der Waals surface area contributed by atoms with E-state index in [-0.39, 0.29) is 16.9 Å². The molecule has 1 aromatic rings. The molecule has 0 aliphatic heterocycles. The number of anilines is 1. The molecule has 0 unspecified atom stereocenters. The summed E-state index contributed by atoms with van der Waals surface area (Å²) in [6.45, 7) is 6.75. The van der Waals surface area contributed by atoms with Crippen LogP contribution >= 0.6 is 0 Å². The predicted molar refractivity (Wildman–Crippen MR) is 59.4 cm³/mol. The first-order chi connectivity index (χ1) is 8.04. The number of nitrogens with zero attached hydrogens (tertiary/aromatic N) is 2. The zero-order chi connectivity index (χ0) is 12.8. The third kappa shape index (κ3) is 3.32. The van der Waals surface area contributed by atoms with Crippen molar-refractivity contribution in [1.29, 1.82) is 0 Å². The minimum Gasteiger partial charge on any atom is -0.478 e. The predicted octanol–water partition coefficient (Wildman–Crippen LogP) is 2.10. The van der Waals surface area contributed by atoms with Crippen LogP contribution in [0.5, 0.6) is 0 Å². The molecular formula is C10H7N3O4. The number of carbonyl (C=O) groups is 1. The van der Waals surface area contributed by atoms with Crippen LogP contribution < -0.4 is 5.32 Å². The number of nitro groups is 1. The van der Waals surface area contributed by atoms with Gasteiger partial charge < -0.3 is 10.4 Å². The van der Waals surface area contributed by atoms with Crippen LogP contribution in [0.15, 0.2) is 30.6 Å². The van der Waals surface area contributed by atoms with Crippen molar-refractivity contribution in [3.8, 4) is 0 Å². The first-order valence-corrected chi connectivity index (χ1v) is 4.36. The number of hydrogen-bond donors (Lipinski definition) is 2. The Kier molecular flexibility index (Phi) is 3.78. The van der Waals surface area contributed by atoms with E-state index in [1.807, 2.05) is 0 Å². The molecule has 0 aliphatic carbocycles. The molecule has 2 N–H and O–H groups in total. The van der Waals surface area contributed by atoms with E-state index in [0.29, 0.717) is 6.20 Å². The van der Waals surface area contributed by atoms with Crippen LogP contribution in [-0.2, 0) is 0 Å². The third-order valence-electron chi connectivity index (χ3n) is 1.80. The second-order valence-electron chi connectivity index (χ2n) is 2.89. The van der Waals surface area contributed by atoms with Crippen molar-refractivity contribution >= 4 is 17.3 Å². The van der Waals surface area contributed by atoms with E-state index in [0.717, 1.165) is 6.20 Å². The molecule has 0 radical (unpaired) electrons. The number of hydrogen-bond acceptors (Lipinski definition) is 4. The SMILES string of the molecule is [C-]#[N+]c1ccc(N/C=C/[N+](=O)[O-])c(C(=O)O)c1. The van der Waals surface area contributed by atoms with Gasteiger partial charge in [0.15, 0.2) is 5.69 Å². The summed E-state index contributed by atoms with van der Waals surface area (Å²) >= 11 is 0. The van der Waals surface area contributed by atoms with Gasteiger partial charge in [-0.1, -0.05) is 6.07 Å². The summed E-state index contributed by atoms with van der Waals surface area (Å²) in [7, 11) is 0. The summed E-state index contributed by atoms with van der Waals surface area (Å²) in [5.41, 5.74) is 0.251. The van der Waals surface area contributed by atoms with Crippen molar-refractivity contribution in [3.05, 3.63) is 57.7 Å². The van der Waals surface area contributed by atoms with Crippen LogP contribution in [0.3, 0.4) is 0 Å². The Labute approximate surface area is 96.0 Å². The minimum absolute atomic E-state index is 0.119. The van der Waals surface area contributed by atoms with E-state index in [1.165, 1.54) is 18.2 Å². The zero-order valence-electron chi connectivity index (χ0n) is 8.45. The van der Waals surface area contributed by atoms with Gasteiger partial charge in [0.1, 0.15) is 0 Å². The van der Waals surface area contributed by atoms with Crippen molar-refractivity contribution in [2.24, 2.45) is 0 Å². The third-order valence-corrected chi connectivity index (χ3v) is 1.80. The van der Waals surface area contributed by atoms with Gasteiger partial charge in [-0.15, -0.1) is 0 Å². The smallest absolute Gasteiger partial charge is 0.336 e. The Morgan fingerprint density at radius 3 is 2.82 bits per heavy atom. The van der Waals surface area contributed by atoms with Crippen LogP contribution in [0, 0.1) is 16.7 Å². The second-order valence-corrected chi connectivity index (χ2v) is 2.89. The Balaban J connectivity index is 3.03. The Bertz CT molecular complexity index is 531. The average molecular weight is 233 g/mol. The van der Waals surface area contributed by atoms with Gasteiger partial charge in [-0.05, 0) is 12.1 Å². The number of aromatic carboxylic acids is 1. The van der Waals surface area contributed by atoms with Crippen molar-refractivity contribution in [1.82, 2.24) is 0 Å². The number of carboxylic acids is 1. The number of benzene rings is 1. The molecule has 1 rings (SSSR count). The topological polar surface area (TPSA) is 96.8 Å². The Hall–Kier alpha value is -2.88. The van der Waals surface area contributed by atoms with E-state index in [1.54, 1.807) is 0 Å². The Morgan fingerprint density at radius 1 is 1.59 bits per heavy atom. The number of rotatable bonds is 4. The quantitative estimate of drug-likeness (QED) is 0.471. The lowest BCUT2D eigenvalue weighted by atomic mass is 10.1. The molecule has 0 saturated heterocycles. The van der Waals surface area contributed by atoms with Gasteiger partial charge >= 0.3 is 5.97 Å². The second kappa shape index (κ2) is 5.27. The molecular weight excluding hydrogens is 226 g/mol. The lowest BCUT2D eigenvalue weighted by Crippen LogP contribution is -2.02. The summed E-state index contributed by atoms with van der Waals surface area (Å²) in [6.07, 6.45) is 1.66. The van der Waals surface area contributed by atoms with Crippen LogP contribution in [0.2, 0.25) is 0 Å². The molecule has 0 saturated carbocycles.